The quantitative estimate of drug-likeness (QED) is 0.356. The maximum atomic E-state index is 14.4. The van der Waals surface area contributed by atoms with E-state index in [0.29, 0.717) is 41.7 Å². The first-order valence-corrected chi connectivity index (χ1v) is 11.6. The van der Waals surface area contributed by atoms with Crippen molar-refractivity contribution in [3.63, 3.8) is 0 Å². The fraction of sp³-hybridized carbons (Fsp3) is 0.360. The van der Waals surface area contributed by atoms with Gasteiger partial charge >= 0.3 is 0 Å². The summed E-state index contributed by atoms with van der Waals surface area (Å²) in [5, 5.41) is 6.51. The van der Waals surface area contributed by atoms with E-state index in [1.807, 2.05) is 27.7 Å². The molecule has 1 amide bonds. The number of amides is 1. The van der Waals surface area contributed by atoms with Crippen LogP contribution in [0.4, 0.5) is 15.9 Å². The zero-order valence-electron chi connectivity index (χ0n) is 19.7. The fourth-order valence-corrected chi connectivity index (χ4v) is 3.38. The van der Waals surface area contributed by atoms with E-state index in [1.54, 1.807) is 18.5 Å². The number of hydrogen-bond donors (Lipinski definition) is 2. The fourth-order valence-electron chi connectivity index (χ4n) is 3.21. The summed E-state index contributed by atoms with van der Waals surface area (Å²) in [7, 11) is 0. The van der Waals surface area contributed by atoms with Crippen LogP contribution >= 0.6 is 11.6 Å². The molecule has 0 bridgehead atoms. The van der Waals surface area contributed by atoms with Gasteiger partial charge in [0.15, 0.2) is 5.82 Å². The van der Waals surface area contributed by atoms with Crippen LogP contribution in [0.25, 0.3) is 11.4 Å². The molecule has 0 radical (unpaired) electrons. The summed E-state index contributed by atoms with van der Waals surface area (Å²) < 4.78 is 19.9. The van der Waals surface area contributed by atoms with E-state index >= 15 is 0 Å². The lowest BCUT2D eigenvalue weighted by Crippen LogP contribution is -2.26. The summed E-state index contributed by atoms with van der Waals surface area (Å²) in [4.78, 5) is 25.8. The van der Waals surface area contributed by atoms with Gasteiger partial charge in [-0.1, -0.05) is 25.4 Å². The second-order valence-corrected chi connectivity index (χ2v) is 8.79. The standard InChI is InChI=1S/C25H29ClFN5O2/c1-15(2)19-14-30-23(18-12-17(26)6-7-21(18)27)32-24(19)31-22-8-10-28-13-20(22)25(33)29-9-5-11-34-16(3)4/h6-8,10,12-16H,5,9,11H2,1-4H3,(H,29,33)(H,28,30,31,32). The van der Waals surface area contributed by atoms with Crippen LogP contribution in [0.3, 0.4) is 0 Å². The topological polar surface area (TPSA) is 89.0 Å². The predicted octanol–water partition coefficient (Wildman–Crippen LogP) is 5.74. The van der Waals surface area contributed by atoms with Gasteiger partial charge in [-0.05, 0) is 50.5 Å². The molecule has 3 aromatic rings. The number of hydrogen-bond acceptors (Lipinski definition) is 6. The average Bonchev–Trinajstić information content (AvgIpc) is 2.80. The number of nitrogens with zero attached hydrogens (tertiary/aromatic N) is 3. The number of anilines is 2. The van der Waals surface area contributed by atoms with E-state index < -0.39 is 5.82 Å². The molecule has 0 unspecified atom stereocenters. The first kappa shape index (κ1) is 25.5. The van der Waals surface area contributed by atoms with Gasteiger partial charge in [0.2, 0.25) is 0 Å². The number of pyridine rings is 1. The third kappa shape index (κ3) is 6.71. The number of ether oxygens (including phenoxy) is 1. The molecule has 0 saturated heterocycles. The molecular formula is C25H29ClFN5O2. The van der Waals surface area contributed by atoms with Gasteiger partial charge in [-0.3, -0.25) is 9.78 Å². The monoisotopic (exact) mass is 485 g/mol. The summed E-state index contributed by atoms with van der Waals surface area (Å²) >= 11 is 6.05. The van der Waals surface area contributed by atoms with Gasteiger partial charge in [0.25, 0.3) is 5.91 Å². The normalized spacial score (nSPS) is 11.2. The maximum Gasteiger partial charge on any atom is 0.254 e. The molecule has 7 nitrogen and oxygen atoms in total. The van der Waals surface area contributed by atoms with Crippen LogP contribution in [0.5, 0.6) is 0 Å². The SMILES string of the molecule is CC(C)OCCCNC(=O)c1cnccc1Nc1nc(-c2cc(Cl)ccc2F)ncc1C(C)C. The molecule has 34 heavy (non-hydrogen) atoms. The van der Waals surface area contributed by atoms with E-state index in [4.69, 9.17) is 16.3 Å². The summed E-state index contributed by atoms with van der Waals surface area (Å²) in [6.07, 6.45) is 5.59. The van der Waals surface area contributed by atoms with Crippen molar-refractivity contribution in [3.05, 3.63) is 64.8 Å². The number of nitrogens with one attached hydrogen (secondary N) is 2. The van der Waals surface area contributed by atoms with Gasteiger partial charge in [0.1, 0.15) is 11.6 Å². The number of carbonyl (C=O) groups excluding carboxylic acids is 1. The number of aromatic nitrogens is 3. The average molecular weight is 486 g/mol. The zero-order chi connectivity index (χ0) is 24.7. The van der Waals surface area contributed by atoms with Gasteiger partial charge in [0, 0.05) is 42.3 Å². The highest BCUT2D eigenvalue weighted by atomic mass is 35.5. The maximum absolute atomic E-state index is 14.4. The molecule has 0 fully saturated rings. The molecule has 2 N–H and O–H groups in total. The Labute approximate surface area is 204 Å². The Kier molecular flexibility index (Phi) is 8.90. The van der Waals surface area contributed by atoms with Crippen molar-refractivity contribution in [3.8, 4) is 11.4 Å². The Morgan fingerprint density at radius 3 is 2.71 bits per heavy atom. The van der Waals surface area contributed by atoms with Crippen molar-refractivity contribution in [2.45, 2.75) is 46.1 Å². The third-order valence-electron chi connectivity index (χ3n) is 4.99. The minimum Gasteiger partial charge on any atom is -0.379 e. The van der Waals surface area contributed by atoms with Crippen LogP contribution in [0, 0.1) is 5.82 Å². The molecule has 3 rings (SSSR count). The molecule has 0 aliphatic rings. The molecule has 0 atom stereocenters. The molecule has 9 heteroatoms. The number of benzene rings is 1. The summed E-state index contributed by atoms with van der Waals surface area (Å²) in [6.45, 7) is 8.99. The van der Waals surface area contributed by atoms with Gasteiger partial charge in [-0.25, -0.2) is 14.4 Å². The molecule has 1 aromatic carbocycles. The highest BCUT2D eigenvalue weighted by Gasteiger charge is 2.18. The summed E-state index contributed by atoms with van der Waals surface area (Å²) in [5.74, 6) is 0.0161. The van der Waals surface area contributed by atoms with Gasteiger partial charge in [-0.15, -0.1) is 0 Å². The minimum atomic E-state index is -0.474. The molecule has 0 aliphatic heterocycles. The summed E-state index contributed by atoms with van der Waals surface area (Å²) in [6, 6.07) is 5.93. The van der Waals surface area contributed by atoms with Crippen molar-refractivity contribution < 1.29 is 13.9 Å². The number of halogens is 2. The van der Waals surface area contributed by atoms with Crippen LogP contribution in [-0.4, -0.2) is 40.1 Å². The van der Waals surface area contributed by atoms with Crippen LogP contribution in [0.15, 0.2) is 42.9 Å². The Morgan fingerprint density at radius 1 is 1.18 bits per heavy atom. The predicted molar refractivity (Wildman–Crippen MR) is 132 cm³/mol. The van der Waals surface area contributed by atoms with Crippen LogP contribution in [0.1, 0.15) is 56.0 Å². The number of rotatable bonds is 10. The second-order valence-electron chi connectivity index (χ2n) is 8.35. The largest absolute Gasteiger partial charge is 0.379 e. The second kappa shape index (κ2) is 11.9. The number of carbonyl (C=O) groups is 1. The van der Waals surface area contributed by atoms with E-state index in [2.05, 4.69) is 25.6 Å². The highest BCUT2D eigenvalue weighted by Crippen LogP contribution is 2.30. The lowest BCUT2D eigenvalue weighted by molar-refractivity contribution is 0.0757. The van der Waals surface area contributed by atoms with E-state index in [0.717, 1.165) is 5.56 Å². The molecule has 180 valence electrons. The van der Waals surface area contributed by atoms with Gasteiger partial charge < -0.3 is 15.4 Å². The highest BCUT2D eigenvalue weighted by molar-refractivity contribution is 6.30. The Balaban J connectivity index is 1.86. The molecule has 2 heterocycles. The Bertz CT molecular complexity index is 1140. The lowest BCUT2D eigenvalue weighted by atomic mass is 10.1. The van der Waals surface area contributed by atoms with Gasteiger partial charge in [-0.2, -0.15) is 0 Å². The van der Waals surface area contributed by atoms with Crippen LogP contribution in [0.2, 0.25) is 5.02 Å². The Hall–Kier alpha value is -3.10. The molecule has 2 aromatic heterocycles. The first-order chi connectivity index (χ1) is 16.3. The van der Waals surface area contributed by atoms with Gasteiger partial charge in [0.05, 0.1) is 22.9 Å². The van der Waals surface area contributed by atoms with Crippen molar-refractivity contribution in [1.29, 1.82) is 0 Å². The minimum absolute atomic E-state index is 0.0841. The van der Waals surface area contributed by atoms with E-state index in [1.165, 1.54) is 24.4 Å². The van der Waals surface area contributed by atoms with Crippen LogP contribution in [-0.2, 0) is 4.74 Å². The molecule has 0 spiro atoms. The van der Waals surface area contributed by atoms with Crippen molar-refractivity contribution in [2.24, 2.45) is 0 Å². The smallest absolute Gasteiger partial charge is 0.254 e. The Morgan fingerprint density at radius 2 is 1.97 bits per heavy atom. The van der Waals surface area contributed by atoms with E-state index in [9.17, 15) is 9.18 Å². The molecular weight excluding hydrogens is 457 g/mol. The van der Waals surface area contributed by atoms with Crippen molar-refractivity contribution >= 4 is 29.0 Å². The van der Waals surface area contributed by atoms with Crippen molar-refractivity contribution in [1.82, 2.24) is 20.3 Å². The molecule has 0 saturated carbocycles. The molecule has 0 aliphatic carbocycles. The zero-order valence-corrected chi connectivity index (χ0v) is 20.5. The third-order valence-corrected chi connectivity index (χ3v) is 5.22. The van der Waals surface area contributed by atoms with Crippen LogP contribution < -0.4 is 10.6 Å². The first-order valence-electron chi connectivity index (χ1n) is 11.2. The van der Waals surface area contributed by atoms with Crippen molar-refractivity contribution in [2.75, 3.05) is 18.5 Å². The van der Waals surface area contributed by atoms with E-state index in [-0.39, 0.29) is 29.3 Å². The lowest BCUT2D eigenvalue weighted by Gasteiger charge is -2.17. The summed E-state index contributed by atoms with van der Waals surface area (Å²) in [5.41, 5.74) is 1.92.